The molecule has 0 bridgehead atoms. The Kier molecular flexibility index (Phi) is 5.95. The van der Waals surface area contributed by atoms with Crippen molar-refractivity contribution < 1.29 is 0 Å². The SMILES string of the molecule is CC(CNC(C)C)CN(C)Cc1cscn1. The predicted molar refractivity (Wildman–Crippen MR) is 70.8 cm³/mol. The number of hydrogen-bond donors (Lipinski definition) is 1. The van der Waals surface area contributed by atoms with Crippen LogP contribution in [0.25, 0.3) is 0 Å². The van der Waals surface area contributed by atoms with E-state index in [2.05, 4.69) is 48.4 Å². The maximum atomic E-state index is 4.30. The topological polar surface area (TPSA) is 28.2 Å². The third-order valence-corrected chi connectivity index (χ3v) is 3.05. The molecular weight excluding hydrogens is 218 g/mol. The van der Waals surface area contributed by atoms with Gasteiger partial charge in [-0.3, -0.25) is 0 Å². The molecule has 0 aliphatic heterocycles. The molecule has 0 saturated carbocycles. The summed E-state index contributed by atoms with van der Waals surface area (Å²) in [6, 6.07) is 0.575. The summed E-state index contributed by atoms with van der Waals surface area (Å²) in [5, 5.41) is 5.59. The maximum absolute atomic E-state index is 4.30. The van der Waals surface area contributed by atoms with Crippen molar-refractivity contribution in [2.45, 2.75) is 33.4 Å². The fourth-order valence-electron chi connectivity index (χ4n) is 1.69. The first-order chi connectivity index (χ1) is 7.58. The molecule has 1 unspecified atom stereocenters. The minimum absolute atomic E-state index is 0.575. The molecule has 0 spiro atoms. The van der Waals surface area contributed by atoms with E-state index in [1.807, 2.05) is 5.51 Å². The van der Waals surface area contributed by atoms with Crippen molar-refractivity contribution in [1.29, 1.82) is 0 Å². The first kappa shape index (κ1) is 13.6. The zero-order valence-corrected chi connectivity index (χ0v) is 11.5. The van der Waals surface area contributed by atoms with Gasteiger partial charge in [-0.15, -0.1) is 11.3 Å². The Morgan fingerprint density at radius 1 is 1.44 bits per heavy atom. The summed E-state index contributed by atoms with van der Waals surface area (Å²) in [4.78, 5) is 6.63. The molecule has 1 heterocycles. The van der Waals surface area contributed by atoms with Gasteiger partial charge in [-0.05, 0) is 19.5 Å². The molecule has 0 fully saturated rings. The summed E-state index contributed by atoms with van der Waals surface area (Å²) >= 11 is 1.66. The minimum atomic E-state index is 0.575. The highest BCUT2D eigenvalue weighted by molar-refractivity contribution is 7.07. The van der Waals surface area contributed by atoms with Gasteiger partial charge in [0.2, 0.25) is 0 Å². The molecule has 0 aliphatic rings. The van der Waals surface area contributed by atoms with E-state index in [1.54, 1.807) is 11.3 Å². The van der Waals surface area contributed by atoms with Crippen LogP contribution in [0.4, 0.5) is 0 Å². The second-order valence-electron chi connectivity index (χ2n) is 4.84. The van der Waals surface area contributed by atoms with Gasteiger partial charge >= 0.3 is 0 Å². The predicted octanol–water partition coefficient (Wildman–Crippen LogP) is 2.21. The smallest absolute Gasteiger partial charge is 0.0795 e. The molecular formula is C12H23N3S. The Bertz CT molecular complexity index is 272. The lowest BCUT2D eigenvalue weighted by Crippen LogP contribution is -2.33. The molecule has 1 N–H and O–H groups in total. The standard InChI is InChI=1S/C12H23N3S/c1-10(2)13-5-11(3)6-15(4)7-12-8-16-9-14-12/h8-11,13H,5-7H2,1-4H3. The van der Waals surface area contributed by atoms with E-state index < -0.39 is 0 Å². The molecule has 0 radical (unpaired) electrons. The third-order valence-electron chi connectivity index (χ3n) is 2.41. The van der Waals surface area contributed by atoms with E-state index in [0.29, 0.717) is 12.0 Å². The Balaban J connectivity index is 2.20. The lowest BCUT2D eigenvalue weighted by molar-refractivity contribution is 0.269. The van der Waals surface area contributed by atoms with Crippen LogP contribution < -0.4 is 5.32 Å². The molecule has 0 amide bonds. The van der Waals surface area contributed by atoms with Crippen LogP contribution in [0.1, 0.15) is 26.5 Å². The highest BCUT2D eigenvalue weighted by Crippen LogP contribution is 2.06. The average Bonchev–Trinajstić information content (AvgIpc) is 2.67. The molecule has 1 aromatic heterocycles. The van der Waals surface area contributed by atoms with Gasteiger partial charge in [-0.25, -0.2) is 4.98 Å². The van der Waals surface area contributed by atoms with E-state index in [-0.39, 0.29) is 0 Å². The van der Waals surface area contributed by atoms with Gasteiger partial charge in [0.1, 0.15) is 0 Å². The number of thiazole rings is 1. The fourth-order valence-corrected chi connectivity index (χ4v) is 2.24. The molecule has 1 rings (SSSR count). The van der Waals surface area contributed by atoms with Crippen LogP contribution in [0.5, 0.6) is 0 Å². The summed E-state index contributed by atoms with van der Waals surface area (Å²) in [5.41, 5.74) is 3.07. The summed E-state index contributed by atoms with van der Waals surface area (Å²) < 4.78 is 0. The highest BCUT2D eigenvalue weighted by atomic mass is 32.1. The Morgan fingerprint density at radius 2 is 2.19 bits per heavy atom. The van der Waals surface area contributed by atoms with E-state index >= 15 is 0 Å². The van der Waals surface area contributed by atoms with Crippen molar-refractivity contribution >= 4 is 11.3 Å². The maximum Gasteiger partial charge on any atom is 0.0795 e. The zero-order chi connectivity index (χ0) is 12.0. The molecule has 3 nitrogen and oxygen atoms in total. The lowest BCUT2D eigenvalue weighted by atomic mass is 10.1. The minimum Gasteiger partial charge on any atom is -0.314 e. The molecule has 16 heavy (non-hydrogen) atoms. The number of rotatable bonds is 7. The van der Waals surface area contributed by atoms with Gasteiger partial charge < -0.3 is 10.2 Å². The fraction of sp³-hybridized carbons (Fsp3) is 0.750. The normalized spacial score (nSPS) is 13.6. The first-order valence-electron chi connectivity index (χ1n) is 5.87. The van der Waals surface area contributed by atoms with Gasteiger partial charge in [0.15, 0.2) is 0 Å². The number of nitrogens with zero attached hydrogens (tertiary/aromatic N) is 2. The van der Waals surface area contributed by atoms with Gasteiger partial charge in [0.25, 0.3) is 0 Å². The van der Waals surface area contributed by atoms with Crippen molar-refractivity contribution in [3.63, 3.8) is 0 Å². The quantitative estimate of drug-likeness (QED) is 0.793. The third kappa shape index (κ3) is 5.58. The van der Waals surface area contributed by atoms with Crippen molar-refractivity contribution in [3.05, 3.63) is 16.6 Å². The van der Waals surface area contributed by atoms with Crippen LogP contribution in [0.2, 0.25) is 0 Å². The summed E-state index contributed by atoms with van der Waals surface area (Å²) in [5.74, 6) is 0.672. The monoisotopic (exact) mass is 241 g/mol. The second kappa shape index (κ2) is 6.99. The molecule has 1 atom stereocenters. The van der Waals surface area contributed by atoms with Crippen LogP contribution in [0, 0.1) is 5.92 Å². The van der Waals surface area contributed by atoms with Crippen LogP contribution in [-0.2, 0) is 6.54 Å². The van der Waals surface area contributed by atoms with Crippen molar-refractivity contribution in [2.24, 2.45) is 5.92 Å². The Labute approximate surface area is 103 Å². The second-order valence-corrected chi connectivity index (χ2v) is 5.56. The largest absolute Gasteiger partial charge is 0.314 e. The summed E-state index contributed by atoms with van der Waals surface area (Å²) in [6.07, 6.45) is 0. The van der Waals surface area contributed by atoms with E-state index in [4.69, 9.17) is 0 Å². The van der Waals surface area contributed by atoms with Gasteiger partial charge in [-0.2, -0.15) is 0 Å². The first-order valence-corrected chi connectivity index (χ1v) is 6.81. The van der Waals surface area contributed by atoms with Crippen LogP contribution in [0.15, 0.2) is 10.9 Å². The molecule has 92 valence electrons. The van der Waals surface area contributed by atoms with E-state index in [0.717, 1.165) is 19.6 Å². The Morgan fingerprint density at radius 3 is 2.75 bits per heavy atom. The molecule has 4 heteroatoms. The van der Waals surface area contributed by atoms with Crippen molar-refractivity contribution in [3.8, 4) is 0 Å². The number of aromatic nitrogens is 1. The molecule has 0 aliphatic carbocycles. The summed E-state index contributed by atoms with van der Waals surface area (Å²) in [6.45, 7) is 9.80. The molecule has 1 aromatic rings. The number of hydrogen-bond acceptors (Lipinski definition) is 4. The van der Waals surface area contributed by atoms with Gasteiger partial charge in [-0.1, -0.05) is 20.8 Å². The van der Waals surface area contributed by atoms with Crippen LogP contribution in [0.3, 0.4) is 0 Å². The van der Waals surface area contributed by atoms with Crippen molar-refractivity contribution in [1.82, 2.24) is 15.2 Å². The van der Waals surface area contributed by atoms with Crippen LogP contribution in [-0.4, -0.2) is 36.1 Å². The Hall–Kier alpha value is -0.450. The molecule has 0 aromatic carbocycles. The number of nitrogens with one attached hydrogen (secondary N) is 1. The van der Waals surface area contributed by atoms with Crippen LogP contribution >= 0.6 is 11.3 Å². The zero-order valence-electron chi connectivity index (χ0n) is 10.7. The van der Waals surface area contributed by atoms with Crippen molar-refractivity contribution in [2.75, 3.05) is 20.1 Å². The van der Waals surface area contributed by atoms with E-state index in [9.17, 15) is 0 Å². The van der Waals surface area contributed by atoms with Gasteiger partial charge in [0, 0.05) is 24.5 Å². The summed E-state index contributed by atoms with van der Waals surface area (Å²) in [7, 11) is 2.16. The highest BCUT2D eigenvalue weighted by Gasteiger charge is 2.08. The molecule has 0 saturated heterocycles. The van der Waals surface area contributed by atoms with Gasteiger partial charge in [0.05, 0.1) is 11.2 Å². The average molecular weight is 241 g/mol. The lowest BCUT2D eigenvalue weighted by Gasteiger charge is -2.21. The van der Waals surface area contributed by atoms with E-state index in [1.165, 1.54) is 5.69 Å².